The number of hydrogen-bond donors (Lipinski definition) is 2. The Kier molecular flexibility index (Phi) is 7.57. The van der Waals surface area contributed by atoms with Crippen molar-refractivity contribution in [2.45, 2.75) is 25.7 Å². The van der Waals surface area contributed by atoms with Crippen molar-refractivity contribution < 1.29 is 9.53 Å². The van der Waals surface area contributed by atoms with E-state index in [4.69, 9.17) is 16.3 Å². The summed E-state index contributed by atoms with van der Waals surface area (Å²) in [6.07, 6.45) is 4.05. The van der Waals surface area contributed by atoms with Gasteiger partial charge in [0.15, 0.2) is 5.96 Å². The monoisotopic (exact) mass is 380 g/mol. The Morgan fingerprint density at radius 1 is 1.23 bits per heavy atom. The van der Waals surface area contributed by atoms with Crippen LogP contribution in [-0.2, 0) is 4.79 Å². The van der Waals surface area contributed by atoms with Gasteiger partial charge in [0.2, 0.25) is 5.91 Å². The number of guanidine groups is 1. The first-order valence-corrected chi connectivity index (χ1v) is 9.39. The van der Waals surface area contributed by atoms with Gasteiger partial charge in [0.1, 0.15) is 12.4 Å². The van der Waals surface area contributed by atoms with Crippen LogP contribution in [0.25, 0.3) is 0 Å². The quantitative estimate of drug-likeness (QED) is 0.433. The zero-order valence-corrected chi connectivity index (χ0v) is 16.6. The topological polar surface area (TPSA) is 66.0 Å². The standard InChI is InChI=1S/C19H29ClN4O2/c1-21-18(22-12-13-26-16-8-6-15(20)7-9-16)23-14-19(10-4-5-11-19)17(25)24(2)3/h6-9H,4-5,10-14H2,1-3H3,(H2,21,22,23). The number of amides is 1. The summed E-state index contributed by atoms with van der Waals surface area (Å²) in [4.78, 5) is 18.5. The Labute approximate surface area is 161 Å². The van der Waals surface area contributed by atoms with E-state index in [1.807, 2.05) is 26.2 Å². The lowest BCUT2D eigenvalue weighted by molar-refractivity contribution is -0.138. The Hall–Kier alpha value is -1.95. The second-order valence-electron chi connectivity index (χ2n) is 6.84. The van der Waals surface area contributed by atoms with Crippen LogP contribution in [0.2, 0.25) is 5.02 Å². The maximum absolute atomic E-state index is 12.6. The number of halogens is 1. The average molecular weight is 381 g/mol. The molecule has 0 saturated heterocycles. The number of nitrogens with one attached hydrogen (secondary N) is 2. The zero-order valence-electron chi connectivity index (χ0n) is 15.8. The van der Waals surface area contributed by atoms with Gasteiger partial charge in [-0.25, -0.2) is 0 Å². The molecule has 1 aliphatic rings. The molecule has 0 radical (unpaired) electrons. The third-order valence-corrected chi connectivity index (χ3v) is 4.97. The number of aliphatic imine (C=N–C) groups is 1. The van der Waals surface area contributed by atoms with Crippen LogP contribution in [0.5, 0.6) is 5.75 Å². The van der Waals surface area contributed by atoms with Crippen molar-refractivity contribution in [3.05, 3.63) is 29.3 Å². The second-order valence-corrected chi connectivity index (χ2v) is 7.28. The molecule has 0 aliphatic heterocycles. The third-order valence-electron chi connectivity index (χ3n) is 4.72. The van der Waals surface area contributed by atoms with E-state index >= 15 is 0 Å². The van der Waals surface area contributed by atoms with Crippen LogP contribution >= 0.6 is 11.6 Å². The lowest BCUT2D eigenvalue weighted by Gasteiger charge is -2.31. The fraction of sp³-hybridized carbons (Fsp3) is 0.579. The van der Waals surface area contributed by atoms with Crippen LogP contribution in [0.1, 0.15) is 25.7 Å². The first-order valence-electron chi connectivity index (χ1n) is 9.01. The van der Waals surface area contributed by atoms with Crippen LogP contribution in [-0.4, -0.2) is 57.6 Å². The number of ether oxygens (including phenoxy) is 1. The Bertz CT molecular complexity index is 610. The van der Waals surface area contributed by atoms with Crippen LogP contribution in [0.3, 0.4) is 0 Å². The molecule has 0 atom stereocenters. The molecular weight excluding hydrogens is 352 g/mol. The largest absolute Gasteiger partial charge is 0.492 e. The molecule has 2 rings (SSSR count). The lowest BCUT2D eigenvalue weighted by atomic mass is 9.84. The maximum atomic E-state index is 12.6. The first kappa shape index (κ1) is 20.4. The summed E-state index contributed by atoms with van der Waals surface area (Å²) >= 11 is 5.86. The molecular formula is C19H29ClN4O2. The highest BCUT2D eigenvalue weighted by Gasteiger charge is 2.42. The molecule has 26 heavy (non-hydrogen) atoms. The van der Waals surface area contributed by atoms with Gasteiger partial charge < -0.3 is 20.3 Å². The van der Waals surface area contributed by atoms with Gasteiger partial charge in [-0.15, -0.1) is 0 Å². The minimum atomic E-state index is -0.319. The van der Waals surface area contributed by atoms with Crippen molar-refractivity contribution in [3.63, 3.8) is 0 Å². The lowest BCUT2D eigenvalue weighted by Crippen LogP contribution is -2.49. The first-order chi connectivity index (χ1) is 12.5. The summed E-state index contributed by atoms with van der Waals surface area (Å²) in [5, 5.41) is 7.22. The predicted molar refractivity (Wildman–Crippen MR) is 106 cm³/mol. The fourth-order valence-corrected chi connectivity index (χ4v) is 3.46. The summed E-state index contributed by atoms with van der Waals surface area (Å²) < 4.78 is 5.66. The van der Waals surface area contributed by atoms with E-state index < -0.39 is 0 Å². The van der Waals surface area contributed by atoms with Crippen LogP contribution in [0.4, 0.5) is 0 Å². The smallest absolute Gasteiger partial charge is 0.230 e. The fourth-order valence-electron chi connectivity index (χ4n) is 3.34. The van der Waals surface area contributed by atoms with E-state index in [0.717, 1.165) is 31.4 Å². The van der Waals surface area contributed by atoms with Crippen molar-refractivity contribution in [2.75, 3.05) is 40.8 Å². The Morgan fingerprint density at radius 3 is 2.46 bits per heavy atom. The van der Waals surface area contributed by atoms with Crippen molar-refractivity contribution in [2.24, 2.45) is 10.4 Å². The van der Waals surface area contributed by atoms with Gasteiger partial charge in [0, 0.05) is 32.7 Å². The van der Waals surface area contributed by atoms with Crippen LogP contribution < -0.4 is 15.4 Å². The zero-order chi connectivity index (χ0) is 19.0. The number of hydrogen-bond acceptors (Lipinski definition) is 3. The molecule has 2 N–H and O–H groups in total. The van der Waals surface area contributed by atoms with Crippen LogP contribution in [0.15, 0.2) is 29.3 Å². The molecule has 0 aromatic heterocycles. The summed E-state index contributed by atoms with van der Waals surface area (Å²) in [6.45, 7) is 1.71. The molecule has 1 aromatic carbocycles. The molecule has 7 heteroatoms. The van der Waals surface area contributed by atoms with Gasteiger partial charge >= 0.3 is 0 Å². The van der Waals surface area contributed by atoms with Gasteiger partial charge in [-0.2, -0.15) is 0 Å². The molecule has 1 amide bonds. The summed E-state index contributed by atoms with van der Waals surface area (Å²) in [5.74, 6) is 1.66. The highest BCUT2D eigenvalue weighted by Crippen LogP contribution is 2.38. The van der Waals surface area contributed by atoms with Crippen molar-refractivity contribution in [1.82, 2.24) is 15.5 Å². The summed E-state index contributed by atoms with van der Waals surface area (Å²) in [6, 6.07) is 7.28. The Balaban J connectivity index is 1.78. The van der Waals surface area contributed by atoms with Crippen molar-refractivity contribution in [1.29, 1.82) is 0 Å². The molecule has 1 aliphatic carbocycles. The minimum Gasteiger partial charge on any atom is -0.492 e. The van der Waals surface area contributed by atoms with E-state index in [1.54, 1.807) is 24.1 Å². The third kappa shape index (κ3) is 5.53. The van der Waals surface area contributed by atoms with E-state index in [9.17, 15) is 4.79 Å². The molecule has 1 fully saturated rings. The number of rotatable bonds is 7. The Morgan fingerprint density at radius 2 is 1.88 bits per heavy atom. The van der Waals surface area contributed by atoms with E-state index in [0.29, 0.717) is 30.7 Å². The molecule has 0 heterocycles. The number of nitrogens with zero attached hydrogens (tertiary/aromatic N) is 2. The van der Waals surface area contributed by atoms with E-state index in [-0.39, 0.29) is 11.3 Å². The average Bonchev–Trinajstić information content (AvgIpc) is 3.12. The van der Waals surface area contributed by atoms with E-state index in [1.165, 1.54) is 0 Å². The summed E-state index contributed by atoms with van der Waals surface area (Å²) in [5.41, 5.74) is -0.319. The van der Waals surface area contributed by atoms with Gasteiger partial charge in [-0.3, -0.25) is 9.79 Å². The highest BCUT2D eigenvalue weighted by molar-refractivity contribution is 6.30. The van der Waals surface area contributed by atoms with Gasteiger partial charge in [0.05, 0.1) is 12.0 Å². The number of carbonyl (C=O) groups excluding carboxylic acids is 1. The van der Waals surface area contributed by atoms with Crippen molar-refractivity contribution in [3.8, 4) is 5.75 Å². The molecule has 0 bridgehead atoms. The number of benzene rings is 1. The molecule has 0 unspecified atom stereocenters. The number of carbonyl (C=O) groups is 1. The molecule has 1 aromatic rings. The maximum Gasteiger partial charge on any atom is 0.230 e. The van der Waals surface area contributed by atoms with Gasteiger partial charge in [-0.1, -0.05) is 24.4 Å². The molecule has 1 saturated carbocycles. The normalized spacial score (nSPS) is 16.2. The van der Waals surface area contributed by atoms with Gasteiger partial charge in [-0.05, 0) is 37.1 Å². The SMILES string of the molecule is CN=C(NCCOc1ccc(Cl)cc1)NCC1(C(=O)N(C)C)CCCC1. The predicted octanol–water partition coefficient (Wildman–Crippen LogP) is 2.53. The van der Waals surface area contributed by atoms with Crippen molar-refractivity contribution >= 4 is 23.5 Å². The highest BCUT2D eigenvalue weighted by atomic mass is 35.5. The van der Waals surface area contributed by atoms with Crippen LogP contribution in [0, 0.1) is 5.41 Å². The summed E-state index contributed by atoms with van der Waals surface area (Å²) in [7, 11) is 5.37. The molecule has 144 valence electrons. The molecule has 6 nitrogen and oxygen atoms in total. The van der Waals surface area contributed by atoms with Gasteiger partial charge in [0.25, 0.3) is 0 Å². The van der Waals surface area contributed by atoms with E-state index in [2.05, 4.69) is 15.6 Å². The molecule has 0 spiro atoms. The second kappa shape index (κ2) is 9.67. The minimum absolute atomic E-state index is 0.198.